The summed E-state index contributed by atoms with van der Waals surface area (Å²) < 4.78 is 58.1. The lowest BCUT2D eigenvalue weighted by atomic mass is 9.91. The predicted molar refractivity (Wildman–Crippen MR) is 143 cm³/mol. The number of amides is 1. The fourth-order valence-electron chi connectivity index (χ4n) is 5.36. The molecule has 8 nitrogen and oxygen atoms in total. The molecule has 5 rings (SSSR count). The van der Waals surface area contributed by atoms with Crippen molar-refractivity contribution < 1.29 is 32.3 Å². The Balaban J connectivity index is 1.60. The summed E-state index contributed by atoms with van der Waals surface area (Å²) in [6, 6.07) is 10.3. The van der Waals surface area contributed by atoms with Crippen LogP contribution in [0.25, 0.3) is 16.9 Å². The van der Waals surface area contributed by atoms with E-state index >= 15 is 0 Å². The van der Waals surface area contributed by atoms with E-state index in [1.54, 1.807) is 11.9 Å². The van der Waals surface area contributed by atoms with E-state index < -0.39 is 41.4 Å². The number of aryl methyl sites for hydroxylation is 2. The van der Waals surface area contributed by atoms with Crippen LogP contribution >= 0.6 is 0 Å². The topological polar surface area (TPSA) is 91.0 Å². The van der Waals surface area contributed by atoms with Gasteiger partial charge in [0, 0.05) is 42.9 Å². The number of para-hydroxylation sites is 1. The van der Waals surface area contributed by atoms with Gasteiger partial charge in [0.1, 0.15) is 12.0 Å². The quantitative estimate of drug-likeness (QED) is 0.245. The van der Waals surface area contributed by atoms with Gasteiger partial charge >= 0.3 is 5.97 Å². The van der Waals surface area contributed by atoms with Crippen molar-refractivity contribution in [3.8, 4) is 11.3 Å². The van der Waals surface area contributed by atoms with E-state index in [2.05, 4.69) is 10.1 Å². The molecule has 0 bridgehead atoms. The fourth-order valence-corrected chi connectivity index (χ4v) is 5.36. The van der Waals surface area contributed by atoms with Gasteiger partial charge in [-0.05, 0) is 43.5 Å². The summed E-state index contributed by atoms with van der Waals surface area (Å²) in [5, 5.41) is 13.5. The molecule has 1 aliphatic rings. The Kier molecular flexibility index (Phi) is 7.41. The molecule has 4 aromatic rings. The molecule has 0 aliphatic carbocycles. The van der Waals surface area contributed by atoms with Crippen molar-refractivity contribution in [2.45, 2.75) is 32.9 Å². The van der Waals surface area contributed by atoms with Crippen LogP contribution in [-0.4, -0.2) is 62.8 Å². The number of fused-ring (bicyclic) bond motifs is 1. The Morgan fingerprint density at radius 2 is 1.73 bits per heavy atom. The van der Waals surface area contributed by atoms with E-state index in [-0.39, 0.29) is 48.5 Å². The minimum absolute atomic E-state index is 0.0186. The van der Waals surface area contributed by atoms with Gasteiger partial charge in [-0.15, -0.1) is 0 Å². The number of aliphatic carboxylic acids is 1. The van der Waals surface area contributed by atoms with Crippen LogP contribution in [-0.2, 0) is 4.79 Å². The zero-order valence-electron chi connectivity index (χ0n) is 22.5. The summed E-state index contributed by atoms with van der Waals surface area (Å²) >= 11 is 0. The number of rotatable bonds is 6. The standard InChI is InChI=1S/C29H27F4N5O3/c1-15-5-4-6-16(2)28(15)36(3)25-13-22(18-9-19(30)27(33)20(31)10-18)34-24-12-23(35-38(24)25)29(41)37-8-7-17(11-26(39)40)21(32)14-37/h4-6,9-10,12-13,17,21H,7-8,11,14H2,1-3H3,(H,39,40)/t17-,21-/m0/s1. The van der Waals surface area contributed by atoms with Crippen molar-refractivity contribution in [1.29, 1.82) is 0 Å². The molecule has 0 saturated carbocycles. The number of halogens is 4. The molecule has 12 heteroatoms. The van der Waals surface area contributed by atoms with E-state index in [1.807, 2.05) is 32.0 Å². The first-order valence-electron chi connectivity index (χ1n) is 13.0. The monoisotopic (exact) mass is 569 g/mol. The highest BCUT2D eigenvalue weighted by Gasteiger charge is 2.34. The number of carbonyl (C=O) groups excluding carboxylic acids is 1. The van der Waals surface area contributed by atoms with E-state index in [9.17, 15) is 27.2 Å². The normalized spacial score (nSPS) is 17.2. The van der Waals surface area contributed by atoms with Crippen LogP contribution in [0.3, 0.4) is 0 Å². The number of carboxylic acid groups (broad SMARTS) is 1. The molecule has 1 fully saturated rings. The number of anilines is 2. The number of carboxylic acids is 1. The molecule has 2 aromatic heterocycles. The molecule has 3 heterocycles. The number of alkyl halides is 1. The minimum Gasteiger partial charge on any atom is -0.481 e. The van der Waals surface area contributed by atoms with Crippen molar-refractivity contribution in [2.24, 2.45) is 5.92 Å². The van der Waals surface area contributed by atoms with Crippen molar-refractivity contribution in [3.63, 3.8) is 0 Å². The van der Waals surface area contributed by atoms with Gasteiger partial charge in [-0.2, -0.15) is 9.61 Å². The summed E-state index contributed by atoms with van der Waals surface area (Å²) in [6.07, 6.45) is -1.63. The second kappa shape index (κ2) is 10.8. The third kappa shape index (κ3) is 5.33. The Labute approximate surface area is 232 Å². The maximum Gasteiger partial charge on any atom is 0.303 e. The van der Waals surface area contributed by atoms with Crippen molar-refractivity contribution >= 4 is 29.0 Å². The lowest BCUT2D eigenvalue weighted by Gasteiger charge is -2.33. The van der Waals surface area contributed by atoms with Gasteiger partial charge in [-0.25, -0.2) is 22.5 Å². The molecule has 1 amide bonds. The number of carbonyl (C=O) groups is 2. The number of benzene rings is 2. The van der Waals surface area contributed by atoms with Crippen molar-refractivity contribution in [2.75, 3.05) is 25.0 Å². The Bertz CT molecular complexity index is 1630. The molecule has 1 aliphatic heterocycles. The first kappa shape index (κ1) is 28.1. The Morgan fingerprint density at radius 3 is 2.34 bits per heavy atom. The van der Waals surface area contributed by atoms with Gasteiger partial charge in [0.05, 0.1) is 18.7 Å². The van der Waals surface area contributed by atoms with E-state index in [1.165, 1.54) is 21.5 Å². The molecular formula is C29H27F4N5O3. The molecule has 2 aromatic carbocycles. The maximum absolute atomic E-state index is 14.7. The number of nitrogens with zero attached hydrogens (tertiary/aromatic N) is 5. The zero-order valence-corrected chi connectivity index (χ0v) is 22.5. The van der Waals surface area contributed by atoms with Crippen LogP contribution in [0.2, 0.25) is 0 Å². The van der Waals surface area contributed by atoms with Gasteiger partial charge in [0.25, 0.3) is 5.91 Å². The summed E-state index contributed by atoms with van der Waals surface area (Å²) in [4.78, 5) is 31.9. The van der Waals surface area contributed by atoms with Crippen LogP contribution in [0.1, 0.15) is 34.5 Å². The van der Waals surface area contributed by atoms with E-state index in [0.29, 0.717) is 5.82 Å². The molecule has 1 N–H and O–H groups in total. The average molecular weight is 570 g/mol. The van der Waals surface area contributed by atoms with Crippen LogP contribution in [0.4, 0.5) is 29.1 Å². The second-order valence-corrected chi connectivity index (χ2v) is 10.3. The first-order chi connectivity index (χ1) is 19.4. The van der Waals surface area contributed by atoms with Crippen LogP contribution < -0.4 is 4.90 Å². The van der Waals surface area contributed by atoms with E-state index in [0.717, 1.165) is 28.9 Å². The van der Waals surface area contributed by atoms with Gasteiger partial charge < -0.3 is 14.9 Å². The molecule has 0 radical (unpaired) electrons. The molecular weight excluding hydrogens is 542 g/mol. The lowest BCUT2D eigenvalue weighted by molar-refractivity contribution is -0.139. The zero-order chi connectivity index (χ0) is 29.6. The fraction of sp³-hybridized carbons (Fsp3) is 0.310. The molecule has 2 atom stereocenters. The van der Waals surface area contributed by atoms with Gasteiger partial charge in [-0.3, -0.25) is 9.59 Å². The highest BCUT2D eigenvalue weighted by molar-refractivity contribution is 5.94. The van der Waals surface area contributed by atoms with Gasteiger partial charge in [0.15, 0.2) is 28.8 Å². The first-order valence-corrected chi connectivity index (χ1v) is 13.0. The molecule has 1 saturated heterocycles. The Hall–Kier alpha value is -4.48. The molecule has 41 heavy (non-hydrogen) atoms. The van der Waals surface area contributed by atoms with Gasteiger partial charge in [-0.1, -0.05) is 18.2 Å². The summed E-state index contributed by atoms with van der Waals surface area (Å²) in [7, 11) is 1.77. The molecule has 0 spiro atoms. The molecule has 214 valence electrons. The number of aromatic nitrogens is 3. The van der Waals surface area contributed by atoms with Crippen LogP contribution in [0.5, 0.6) is 0 Å². The van der Waals surface area contributed by atoms with Crippen LogP contribution in [0.15, 0.2) is 42.5 Å². The predicted octanol–water partition coefficient (Wildman–Crippen LogP) is 5.47. The summed E-state index contributed by atoms with van der Waals surface area (Å²) in [5.74, 6) is -6.29. The second-order valence-electron chi connectivity index (χ2n) is 10.3. The lowest BCUT2D eigenvalue weighted by Crippen LogP contribution is -2.45. The van der Waals surface area contributed by atoms with Crippen LogP contribution in [0, 0.1) is 37.2 Å². The van der Waals surface area contributed by atoms with E-state index in [4.69, 9.17) is 5.11 Å². The smallest absolute Gasteiger partial charge is 0.303 e. The number of hydrogen-bond acceptors (Lipinski definition) is 5. The largest absolute Gasteiger partial charge is 0.481 e. The number of hydrogen-bond donors (Lipinski definition) is 1. The maximum atomic E-state index is 14.7. The highest BCUT2D eigenvalue weighted by atomic mass is 19.2. The third-order valence-electron chi connectivity index (χ3n) is 7.43. The third-order valence-corrected chi connectivity index (χ3v) is 7.43. The number of likely N-dealkylation sites (tertiary alicyclic amines) is 1. The number of piperidine rings is 1. The molecule has 0 unspecified atom stereocenters. The summed E-state index contributed by atoms with van der Waals surface area (Å²) in [5.41, 5.74) is 2.91. The Morgan fingerprint density at radius 1 is 1.07 bits per heavy atom. The minimum atomic E-state index is -1.60. The summed E-state index contributed by atoms with van der Waals surface area (Å²) in [6.45, 7) is 3.73. The van der Waals surface area contributed by atoms with Crippen molar-refractivity contribution in [1.82, 2.24) is 19.5 Å². The van der Waals surface area contributed by atoms with Gasteiger partial charge in [0.2, 0.25) is 0 Å². The average Bonchev–Trinajstić information content (AvgIpc) is 3.35. The highest BCUT2D eigenvalue weighted by Crippen LogP contribution is 2.34. The SMILES string of the molecule is Cc1cccc(C)c1N(C)c1cc(-c2cc(F)c(F)c(F)c2)nc2cc(C(=O)N3CC[C@@H](CC(=O)O)[C@@H](F)C3)nn12. The van der Waals surface area contributed by atoms with Crippen molar-refractivity contribution in [3.05, 3.63) is 76.7 Å².